The number of benzene rings is 2. The van der Waals surface area contributed by atoms with Crippen molar-refractivity contribution < 1.29 is 8.78 Å². The summed E-state index contributed by atoms with van der Waals surface area (Å²) in [6.45, 7) is 2.36. The highest BCUT2D eigenvalue weighted by molar-refractivity contribution is 9.10. The van der Waals surface area contributed by atoms with E-state index in [1.165, 1.54) is 12.1 Å². The standard InChI is InChI=1S/C15H12BrCl2F2N/c1-2-21-15(10-7-9(17)3-4-11(10)18)14-12(19)5-8(16)6-13(14)20/h3-7,15,21H,2H2,1H3. The molecule has 1 N–H and O–H groups in total. The van der Waals surface area contributed by atoms with Crippen molar-refractivity contribution in [3.05, 3.63) is 67.6 Å². The fraction of sp³-hybridized carbons (Fsp3) is 0.200. The quantitative estimate of drug-likeness (QED) is 0.697. The summed E-state index contributed by atoms with van der Waals surface area (Å²) in [5.41, 5.74) is 0.454. The highest BCUT2D eigenvalue weighted by atomic mass is 79.9. The number of halogens is 5. The minimum absolute atomic E-state index is 0.0794. The van der Waals surface area contributed by atoms with Crippen molar-refractivity contribution in [1.29, 1.82) is 0 Å². The third-order valence-electron chi connectivity index (χ3n) is 3.01. The van der Waals surface area contributed by atoms with Gasteiger partial charge in [0.2, 0.25) is 0 Å². The predicted molar refractivity (Wildman–Crippen MR) is 86.0 cm³/mol. The molecule has 0 amide bonds. The zero-order valence-electron chi connectivity index (χ0n) is 11.1. The monoisotopic (exact) mass is 393 g/mol. The van der Waals surface area contributed by atoms with Crippen LogP contribution in [-0.2, 0) is 0 Å². The lowest BCUT2D eigenvalue weighted by molar-refractivity contribution is 0.509. The summed E-state index contributed by atoms with van der Waals surface area (Å²) in [4.78, 5) is 0. The number of hydrogen-bond donors (Lipinski definition) is 1. The smallest absolute Gasteiger partial charge is 0.132 e. The summed E-state index contributed by atoms with van der Waals surface area (Å²) in [5, 5.41) is 3.90. The molecule has 6 heteroatoms. The molecule has 2 aromatic rings. The lowest BCUT2D eigenvalue weighted by Crippen LogP contribution is -2.24. The third-order valence-corrected chi connectivity index (χ3v) is 4.05. The van der Waals surface area contributed by atoms with Crippen molar-refractivity contribution in [3.63, 3.8) is 0 Å². The molecule has 0 aliphatic rings. The van der Waals surface area contributed by atoms with Gasteiger partial charge in [0.1, 0.15) is 11.6 Å². The minimum Gasteiger partial charge on any atom is -0.306 e. The van der Waals surface area contributed by atoms with Crippen LogP contribution in [0.15, 0.2) is 34.8 Å². The Kier molecular flexibility index (Phi) is 5.60. The third kappa shape index (κ3) is 3.75. The second-order valence-electron chi connectivity index (χ2n) is 4.44. The molecular formula is C15H12BrCl2F2N. The molecule has 1 atom stereocenters. The first-order valence-corrected chi connectivity index (χ1v) is 7.81. The van der Waals surface area contributed by atoms with E-state index in [0.29, 0.717) is 26.6 Å². The molecule has 0 saturated carbocycles. The van der Waals surface area contributed by atoms with Crippen LogP contribution < -0.4 is 5.32 Å². The Balaban J connectivity index is 2.61. The largest absolute Gasteiger partial charge is 0.306 e. The molecule has 0 radical (unpaired) electrons. The maximum atomic E-state index is 14.2. The zero-order valence-corrected chi connectivity index (χ0v) is 14.2. The van der Waals surface area contributed by atoms with Crippen molar-refractivity contribution >= 4 is 39.1 Å². The number of nitrogens with one attached hydrogen (secondary N) is 1. The molecule has 0 heterocycles. The van der Waals surface area contributed by atoms with E-state index in [4.69, 9.17) is 23.2 Å². The van der Waals surface area contributed by atoms with Gasteiger partial charge in [0.05, 0.1) is 6.04 Å². The van der Waals surface area contributed by atoms with Crippen LogP contribution in [0.4, 0.5) is 8.78 Å². The summed E-state index contributed by atoms with van der Waals surface area (Å²) in [6, 6.07) is 6.58. The van der Waals surface area contributed by atoms with E-state index in [2.05, 4.69) is 21.2 Å². The van der Waals surface area contributed by atoms with E-state index in [1.807, 2.05) is 6.92 Å². The molecule has 21 heavy (non-hydrogen) atoms. The normalized spacial score (nSPS) is 12.5. The average Bonchev–Trinajstić information content (AvgIpc) is 2.39. The Hall–Kier alpha value is -0.680. The van der Waals surface area contributed by atoms with Gasteiger partial charge in [-0.1, -0.05) is 46.1 Å². The zero-order chi connectivity index (χ0) is 15.6. The van der Waals surface area contributed by atoms with E-state index in [1.54, 1.807) is 18.2 Å². The Morgan fingerprint density at radius 3 is 2.33 bits per heavy atom. The topological polar surface area (TPSA) is 12.0 Å². The van der Waals surface area contributed by atoms with E-state index >= 15 is 0 Å². The molecule has 0 fully saturated rings. The van der Waals surface area contributed by atoms with Crippen LogP contribution >= 0.6 is 39.1 Å². The summed E-state index contributed by atoms with van der Waals surface area (Å²) < 4.78 is 28.8. The first-order chi connectivity index (χ1) is 9.93. The summed E-state index contributed by atoms with van der Waals surface area (Å²) in [6.07, 6.45) is 0. The molecule has 1 nitrogen and oxygen atoms in total. The Bertz CT molecular complexity index is 641. The van der Waals surface area contributed by atoms with Crippen LogP contribution in [0, 0.1) is 11.6 Å². The molecule has 1 unspecified atom stereocenters. The van der Waals surface area contributed by atoms with E-state index in [9.17, 15) is 8.78 Å². The van der Waals surface area contributed by atoms with Gasteiger partial charge in [-0.2, -0.15) is 0 Å². The van der Waals surface area contributed by atoms with Gasteiger partial charge in [-0.3, -0.25) is 0 Å². The Morgan fingerprint density at radius 2 is 1.76 bits per heavy atom. The fourth-order valence-electron chi connectivity index (χ4n) is 2.14. The van der Waals surface area contributed by atoms with Gasteiger partial charge in [0.25, 0.3) is 0 Å². The molecule has 112 valence electrons. The van der Waals surface area contributed by atoms with E-state index in [-0.39, 0.29) is 5.56 Å². The van der Waals surface area contributed by atoms with Gasteiger partial charge in [-0.05, 0) is 42.4 Å². The molecule has 0 aliphatic heterocycles. The number of rotatable bonds is 4. The molecule has 0 spiro atoms. The fourth-order valence-corrected chi connectivity index (χ4v) is 2.95. The molecule has 0 bridgehead atoms. The van der Waals surface area contributed by atoms with Crippen LogP contribution in [0.25, 0.3) is 0 Å². The van der Waals surface area contributed by atoms with Crippen LogP contribution in [0.1, 0.15) is 24.1 Å². The first kappa shape index (κ1) is 16.7. The second-order valence-corrected chi connectivity index (χ2v) is 6.20. The van der Waals surface area contributed by atoms with E-state index in [0.717, 1.165) is 0 Å². The Morgan fingerprint density at radius 1 is 1.14 bits per heavy atom. The molecule has 2 rings (SSSR count). The molecule has 0 saturated heterocycles. The lowest BCUT2D eigenvalue weighted by atomic mass is 9.97. The van der Waals surface area contributed by atoms with Crippen LogP contribution in [0.2, 0.25) is 10.0 Å². The van der Waals surface area contributed by atoms with Crippen molar-refractivity contribution in [1.82, 2.24) is 5.32 Å². The van der Waals surface area contributed by atoms with Crippen molar-refractivity contribution in [2.24, 2.45) is 0 Å². The maximum Gasteiger partial charge on any atom is 0.132 e. The van der Waals surface area contributed by atoms with Gasteiger partial charge in [0, 0.05) is 20.1 Å². The highest BCUT2D eigenvalue weighted by Gasteiger charge is 2.24. The molecular weight excluding hydrogens is 383 g/mol. The first-order valence-electron chi connectivity index (χ1n) is 6.26. The van der Waals surface area contributed by atoms with Gasteiger partial charge in [-0.25, -0.2) is 8.78 Å². The van der Waals surface area contributed by atoms with Gasteiger partial charge in [-0.15, -0.1) is 0 Å². The molecule has 0 aliphatic carbocycles. The van der Waals surface area contributed by atoms with Crippen LogP contribution in [-0.4, -0.2) is 6.54 Å². The van der Waals surface area contributed by atoms with Gasteiger partial charge >= 0.3 is 0 Å². The van der Waals surface area contributed by atoms with Gasteiger partial charge in [0.15, 0.2) is 0 Å². The highest BCUT2D eigenvalue weighted by Crippen LogP contribution is 2.34. The minimum atomic E-state index is -0.714. The SMILES string of the molecule is CCNC(c1cc(Cl)ccc1Cl)c1c(F)cc(Br)cc1F. The van der Waals surface area contributed by atoms with Crippen molar-refractivity contribution in [2.75, 3.05) is 6.54 Å². The van der Waals surface area contributed by atoms with Gasteiger partial charge < -0.3 is 5.32 Å². The maximum absolute atomic E-state index is 14.2. The van der Waals surface area contributed by atoms with Crippen LogP contribution in [0.3, 0.4) is 0 Å². The van der Waals surface area contributed by atoms with Crippen molar-refractivity contribution in [3.8, 4) is 0 Å². The predicted octanol–water partition coefficient (Wildman–Crippen LogP) is 5.73. The van der Waals surface area contributed by atoms with Crippen molar-refractivity contribution in [2.45, 2.75) is 13.0 Å². The lowest BCUT2D eigenvalue weighted by Gasteiger charge is -2.21. The Labute approximate surface area is 140 Å². The molecule has 0 aromatic heterocycles. The summed E-state index contributed by atoms with van der Waals surface area (Å²) in [7, 11) is 0. The summed E-state index contributed by atoms with van der Waals surface area (Å²) in [5.74, 6) is -1.30. The summed E-state index contributed by atoms with van der Waals surface area (Å²) >= 11 is 15.2. The van der Waals surface area contributed by atoms with E-state index < -0.39 is 17.7 Å². The molecule has 2 aromatic carbocycles. The average molecular weight is 395 g/mol. The second kappa shape index (κ2) is 7.05. The van der Waals surface area contributed by atoms with Crippen LogP contribution in [0.5, 0.6) is 0 Å². The number of hydrogen-bond acceptors (Lipinski definition) is 1.